The maximum atomic E-state index is 12.3. The van der Waals surface area contributed by atoms with Crippen LogP contribution in [0.25, 0.3) is 22.5 Å². The zero-order chi connectivity index (χ0) is 16.5. The Morgan fingerprint density at radius 2 is 1.88 bits per heavy atom. The first-order chi connectivity index (χ1) is 11.7. The number of aromatic amines is 1. The number of para-hydroxylation sites is 2. The monoisotopic (exact) mass is 319 g/mol. The molecule has 7 nitrogen and oxygen atoms in total. The third-order valence-electron chi connectivity index (χ3n) is 3.54. The van der Waals surface area contributed by atoms with E-state index >= 15 is 0 Å². The summed E-state index contributed by atoms with van der Waals surface area (Å²) in [6.07, 6.45) is 0. The summed E-state index contributed by atoms with van der Waals surface area (Å²) in [5, 5.41) is 6.50. The second-order valence-corrected chi connectivity index (χ2v) is 5.28. The fraction of sp³-hybridized carbons (Fsp3) is 0.0588. The van der Waals surface area contributed by atoms with Gasteiger partial charge in [0.15, 0.2) is 5.82 Å². The van der Waals surface area contributed by atoms with Crippen LogP contribution in [-0.4, -0.2) is 26.0 Å². The molecule has 24 heavy (non-hydrogen) atoms. The average molecular weight is 319 g/mol. The summed E-state index contributed by atoms with van der Waals surface area (Å²) in [5.74, 6) is 1.16. The van der Waals surface area contributed by atoms with E-state index in [1.165, 1.54) is 0 Å². The molecule has 0 saturated heterocycles. The van der Waals surface area contributed by atoms with Crippen molar-refractivity contribution in [3.05, 3.63) is 59.9 Å². The normalized spacial score (nSPS) is 10.9. The SMILES string of the molecule is Cc1noc(-c2ccc(C(=O)Nc3nc4ccccc4[nH]3)cc2)n1. The van der Waals surface area contributed by atoms with Crippen molar-refractivity contribution < 1.29 is 9.32 Å². The Morgan fingerprint density at radius 1 is 1.08 bits per heavy atom. The Kier molecular flexibility index (Phi) is 3.31. The van der Waals surface area contributed by atoms with Gasteiger partial charge in [0, 0.05) is 11.1 Å². The van der Waals surface area contributed by atoms with Crippen molar-refractivity contribution in [3.63, 3.8) is 0 Å². The van der Waals surface area contributed by atoms with Crippen LogP contribution < -0.4 is 5.32 Å². The Hall–Kier alpha value is -3.48. The summed E-state index contributed by atoms with van der Waals surface area (Å²) < 4.78 is 5.10. The van der Waals surface area contributed by atoms with E-state index in [0.717, 1.165) is 16.6 Å². The van der Waals surface area contributed by atoms with Crippen LogP contribution in [0, 0.1) is 6.92 Å². The third kappa shape index (κ3) is 2.63. The highest BCUT2D eigenvalue weighted by Crippen LogP contribution is 2.18. The minimum absolute atomic E-state index is 0.248. The average Bonchev–Trinajstić information content (AvgIpc) is 3.20. The van der Waals surface area contributed by atoms with Gasteiger partial charge in [-0.15, -0.1) is 0 Å². The lowest BCUT2D eigenvalue weighted by Gasteiger charge is -2.02. The number of rotatable bonds is 3. The van der Waals surface area contributed by atoms with Gasteiger partial charge < -0.3 is 9.51 Å². The Balaban J connectivity index is 1.53. The summed E-state index contributed by atoms with van der Waals surface area (Å²) >= 11 is 0. The Bertz CT molecular complexity index is 984. The molecule has 0 aliphatic heterocycles. The molecule has 0 bridgehead atoms. The molecule has 2 N–H and O–H groups in total. The Labute approximate surface area is 136 Å². The number of hydrogen-bond donors (Lipinski definition) is 2. The molecular formula is C17H13N5O2. The van der Waals surface area contributed by atoms with Gasteiger partial charge in [-0.25, -0.2) is 4.98 Å². The molecule has 0 saturated carbocycles. The van der Waals surface area contributed by atoms with Crippen LogP contribution in [0.5, 0.6) is 0 Å². The number of imidazole rings is 1. The summed E-state index contributed by atoms with van der Waals surface area (Å²) in [5.41, 5.74) is 2.94. The lowest BCUT2D eigenvalue weighted by molar-refractivity contribution is 0.102. The van der Waals surface area contributed by atoms with Gasteiger partial charge in [-0.1, -0.05) is 17.3 Å². The second kappa shape index (κ2) is 5.62. The first-order valence-electron chi connectivity index (χ1n) is 7.36. The zero-order valence-electron chi connectivity index (χ0n) is 12.8. The maximum Gasteiger partial charge on any atom is 0.257 e. The molecule has 0 aliphatic carbocycles. The number of hydrogen-bond acceptors (Lipinski definition) is 5. The van der Waals surface area contributed by atoms with Gasteiger partial charge in [0.1, 0.15) is 0 Å². The van der Waals surface area contributed by atoms with E-state index in [9.17, 15) is 4.79 Å². The lowest BCUT2D eigenvalue weighted by Crippen LogP contribution is -2.12. The predicted molar refractivity (Wildman–Crippen MR) is 88.5 cm³/mol. The van der Waals surface area contributed by atoms with Gasteiger partial charge in [0.2, 0.25) is 5.95 Å². The van der Waals surface area contributed by atoms with Gasteiger partial charge in [0.25, 0.3) is 11.8 Å². The van der Waals surface area contributed by atoms with Crippen LogP contribution in [0.4, 0.5) is 5.95 Å². The molecule has 0 unspecified atom stereocenters. The van der Waals surface area contributed by atoms with Gasteiger partial charge in [-0.2, -0.15) is 4.98 Å². The highest BCUT2D eigenvalue weighted by Gasteiger charge is 2.11. The van der Waals surface area contributed by atoms with Gasteiger partial charge in [-0.3, -0.25) is 10.1 Å². The van der Waals surface area contributed by atoms with E-state index in [4.69, 9.17) is 4.52 Å². The van der Waals surface area contributed by atoms with Gasteiger partial charge >= 0.3 is 0 Å². The van der Waals surface area contributed by atoms with Gasteiger partial charge in [0.05, 0.1) is 11.0 Å². The summed E-state index contributed by atoms with van der Waals surface area (Å²) in [6, 6.07) is 14.5. The first-order valence-corrected chi connectivity index (χ1v) is 7.36. The van der Waals surface area contributed by atoms with E-state index in [-0.39, 0.29) is 5.91 Å². The standard InChI is InChI=1S/C17H13N5O2/c1-10-18-16(24-22-10)12-8-6-11(7-9-12)15(23)21-17-19-13-4-2-3-5-14(13)20-17/h2-9H,1H3,(H2,19,20,21,23). The lowest BCUT2D eigenvalue weighted by atomic mass is 10.1. The largest absolute Gasteiger partial charge is 0.334 e. The molecule has 2 aromatic heterocycles. The summed E-state index contributed by atoms with van der Waals surface area (Å²) in [4.78, 5) is 23.9. The van der Waals surface area contributed by atoms with E-state index < -0.39 is 0 Å². The number of carbonyl (C=O) groups is 1. The van der Waals surface area contributed by atoms with Crippen molar-refractivity contribution in [1.29, 1.82) is 0 Å². The molecule has 118 valence electrons. The zero-order valence-corrected chi connectivity index (χ0v) is 12.8. The molecule has 4 rings (SSSR count). The molecule has 0 spiro atoms. The second-order valence-electron chi connectivity index (χ2n) is 5.28. The van der Waals surface area contributed by atoms with Crippen LogP contribution in [0.1, 0.15) is 16.2 Å². The quantitative estimate of drug-likeness (QED) is 0.604. The van der Waals surface area contributed by atoms with Gasteiger partial charge in [-0.05, 0) is 43.3 Å². The van der Waals surface area contributed by atoms with E-state index in [1.807, 2.05) is 24.3 Å². The molecule has 7 heteroatoms. The molecule has 0 radical (unpaired) electrons. The van der Waals surface area contributed by atoms with E-state index in [0.29, 0.717) is 23.2 Å². The van der Waals surface area contributed by atoms with Crippen LogP contribution in [0.3, 0.4) is 0 Å². The number of fused-ring (bicyclic) bond motifs is 1. The molecular weight excluding hydrogens is 306 g/mol. The fourth-order valence-corrected chi connectivity index (χ4v) is 2.37. The number of nitrogens with zero attached hydrogens (tertiary/aromatic N) is 3. The topological polar surface area (TPSA) is 96.7 Å². The van der Waals surface area contributed by atoms with Crippen molar-refractivity contribution in [2.45, 2.75) is 6.92 Å². The molecule has 4 aromatic rings. The third-order valence-corrected chi connectivity index (χ3v) is 3.54. The fourth-order valence-electron chi connectivity index (χ4n) is 2.37. The smallest absolute Gasteiger partial charge is 0.257 e. The first kappa shape index (κ1) is 14.1. The highest BCUT2D eigenvalue weighted by atomic mass is 16.5. The number of nitrogens with one attached hydrogen (secondary N) is 2. The number of anilines is 1. The number of H-pyrrole nitrogens is 1. The summed E-state index contributed by atoms with van der Waals surface area (Å²) in [6.45, 7) is 1.75. The molecule has 0 fully saturated rings. The van der Waals surface area contributed by atoms with Crippen LogP contribution >= 0.6 is 0 Å². The number of aryl methyl sites for hydroxylation is 1. The van der Waals surface area contributed by atoms with E-state index in [2.05, 4.69) is 25.4 Å². The molecule has 2 aromatic carbocycles. The maximum absolute atomic E-state index is 12.3. The van der Waals surface area contributed by atoms with Crippen molar-refractivity contribution in [3.8, 4) is 11.5 Å². The molecule has 0 atom stereocenters. The minimum atomic E-state index is -0.248. The Morgan fingerprint density at radius 3 is 2.58 bits per heavy atom. The predicted octanol–water partition coefficient (Wildman–Crippen LogP) is 3.17. The number of aromatic nitrogens is 4. The molecule has 1 amide bonds. The van der Waals surface area contributed by atoms with Crippen LogP contribution in [-0.2, 0) is 0 Å². The van der Waals surface area contributed by atoms with Crippen molar-refractivity contribution in [2.75, 3.05) is 5.32 Å². The van der Waals surface area contributed by atoms with Crippen molar-refractivity contribution in [1.82, 2.24) is 20.1 Å². The van der Waals surface area contributed by atoms with E-state index in [1.54, 1.807) is 31.2 Å². The number of benzene rings is 2. The van der Waals surface area contributed by atoms with Crippen LogP contribution in [0.2, 0.25) is 0 Å². The summed E-state index contributed by atoms with van der Waals surface area (Å²) in [7, 11) is 0. The molecule has 0 aliphatic rings. The number of carbonyl (C=O) groups excluding carboxylic acids is 1. The minimum Gasteiger partial charge on any atom is -0.334 e. The van der Waals surface area contributed by atoms with Crippen molar-refractivity contribution >= 4 is 22.9 Å². The highest BCUT2D eigenvalue weighted by molar-refractivity contribution is 6.04. The molecule has 2 heterocycles. The number of amides is 1. The van der Waals surface area contributed by atoms with Crippen molar-refractivity contribution in [2.24, 2.45) is 0 Å². The van der Waals surface area contributed by atoms with Crippen LogP contribution in [0.15, 0.2) is 53.1 Å².